The number of aryl methyl sites for hydroxylation is 3. The molecule has 0 saturated carbocycles. The molecule has 0 unspecified atom stereocenters. The number of ether oxygens (including phenoxy) is 2. The van der Waals surface area contributed by atoms with Gasteiger partial charge in [-0.3, -0.25) is 9.10 Å². The number of sulfonamides is 1. The van der Waals surface area contributed by atoms with Crippen LogP contribution in [0, 0.1) is 20.8 Å². The van der Waals surface area contributed by atoms with Crippen LogP contribution in [-0.4, -0.2) is 40.1 Å². The van der Waals surface area contributed by atoms with E-state index in [0.29, 0.717) is 11.4 Å². The van der Waals surface area contributed by atoms with Crippen LogP contribution in [0.3, 0.4) is 0 Å². The van der Waals surface area contributed by atoms with Crippen molar-refractivity contribution >= 4 is 21.6 Å². The molecule has 1 heterocycles. The molecule has 3 aromatic rings. The fraction of sp³-hybridized carbons (Fsp3) is 0.269. The normalized spacial score (nSPS) is 15.3. The lowest BCUT2D eigenvalue weighted by Gasteiger charge is -2.35. The zero-order valence-electron chi connectivity index (χ0n) is 19.4. The van der Waals surface area contributed by atoms with Gasteiger partial charge in [-0.2, -0.15) is 0 Å². The zero-order chi connectivity index (χ0) is 24.3. The Morgan fingerprint density at radius 2 is 1.71 bits per heavy atom. The second kappa shape index (κ2) is 9.77. The van der Waals surface area contributed by atoms with Gasteiger partial charge < -0.3 is 14.8 Å². The van der Waals surface area contributed by atoms with Crippen LogP contribution >= 0.6 is 0 Å². The summed E-state index contributed by atoms with van der Waals surface area (Å²) in [6.45, 7) is 6.17. The van der Waals surface area contributed by atoms with Crippen molar-refractivity contribution in [2.24, 2.45) is 0 Å². The Labute approximate surface area is 200 Å². The molecule has 7 nitrogen and oxygen atoms in total. The van der Waals surface area contributed by atoms with E-state index < -0.39 is 22.0 Å². The third-order valence-electron chi connectivity index (χ3n) is 5.55. The van der Waals surface area contributed by atoms with Crippen molar-refractivity contribution in [3.8, 4) is 11.5 Å². The highest BCUT2D eigenvalue weighted by Gasteiger charge is 2.37. The van der Waals surface area contributed by atoms with E-state index >= 15 is 0 Å². The SMILES string of the molecule is Cc1ccc(S(=O)(=O)N2C[C@@H](C(=O)NCCOc3cccc(C)c3)Oc3cc(C)ccc32)cc1. The van der Waals surface area contributed by atoms with Gasteiger partial charge >= 0.3 is 0 Å². The number of anilines is 1. The topological polar surface area (TPSA) is 84.9 Å². The number of hydrogen-bond acceptors (Lipinski definition) is 5. The lowest BCUT2D eigenvalue weighted by atomic mass is 10.1. The molecule has 1 atom stereocenters. The molecule has 3 aromatic carbocycles. The smallest absolute Gasteiger partial charge is 0.264 e. The maximum Gasteiger partial charge on any atom is 0.264 e. The Bertz CT molecular complexity index is 1290. The Balaban J connectivity index is 1.49. The molecular weight excluding hydrogens is 452 g/mol. The molecule has 0 fully saturated rings. The predicted molar refractivity (Wildman–Crippen MR) is 131 cm³/mol. The van der Waals surface area contributed by atoms with Crippen molar-refractivity contribution in [1.29, 1.82) is 0 Å². The largest absolute Gasteiger partial charge is 0.492 e. The van der Waals surface area contributed by atoms with E-state index in [1.807, 2.05) is 51.1 Å². The molecule has 8 heteroatoms. The second-order valence-electron chi connectivity index (χ2n) is 8.38. The average Bonchev–Trinajstić information content (AvgIpc) is 2.81. The van der Waals surface area contributed by atoms with Crippen LogP contribution in [0.2, 0.25) is 0 Å². The quantitative estimate of drug-likeness (QED) is 0.521. The molecule has 0 spiro atoms. The Morgan fingerprint density at radius 3 is 2.44 bits per heavy atom. The number of amides is 1. The van der Waals surface area contributed by atoms with E-state index in [1.165, 1.54) is 4.31 Å². The third-order valence-corrected chi connectivity index (χ3v) is 7.34. The van der Waals surface area contributed by atoms with Crippen LogP contribution in [-0.2, 0) is 14.8 Å². The molecule has 0 radical (unpaired) electrons. The van der Waals surface area contributed by atoms with Gasteiger partial charge in [0, 0.05) is 0 Å². The summed E-state index contributed by atoms with van der Waals surface area (Å²) in [5.41, 5.74) is 3.36. The number of carbonyl (C=O) groups excluding carboxylic acids is 1. The molecule has 1 N–H and O–H groups in total. The summed E-state index contributed by atoms with van der Waals surface area (Å²) in [5, 5.41) is 2.79. The Morgan fingerprint density at radius 1 is 1.00 bits per heavy atom. The lowest BCUT2D eigenvalue weighted by molar-refractivity contribution is -0.127. The van der Waals surface area contributed by atoms with Gasteiger partial charge in [-0.1, -0.05) is 35.9 Å². The third kappa shape index (κ3) is 5.17. The van der Waals surface area contributed by atoms with Gasteiger partial charge in [0.2, 0.25) is 0 Å². The van der Waals surface area contributed by atoms with Crippen molar-refractivity contribution in [2.75, 3.05) is 24.0 Å². The average molecular weight is 481 g/mol. The monoisotopic (exact) mass is 480 g/mol. The minimum atomic E-state index is -3.89. The van der Waals surface area contributed by atoms with Gasteiger partial charge in [-0.05, 0) is 68.3 Å². The van der Waals surface area contributed by atoms with Crippen LogP contribution < -0.4 is 19.1 Å². The van der Waals surface area contributed by atoms with Gasteiger partial charge in [0.15, 0.2) is 6.10 Å². The molecule has 1 aliphatic heterocycles. The van der Waals surface area contributed by atoms with Gasteiger partial charge in [-0.25, -0.2) is 8.42 Å². The highest BCUT2D eigenvalue weighted by molar-refractivity contribution is 7.92. The van der Waals surface area contributed by atoms with Crippen molar-refractivity contribution in [3.63, 3.8) is 0 Å². The zero-order valence-corrected chi connectivity index (χ0v) is 20.3. The summed E-state index contributed by atoms with van der Waals surface area (Å²) in [7, 11) is -3.89. The van der Waals surface area contributed by atoms with E-state index in [-0.39, 0.29) is 24.6 Å². The highest BCUT2D eigenvalue weighted by Crippen LogP contribution is 2.37. The summed E-state index contributed by atoms with van der Waals surface area (Å²) in [6, 6.07) is 19.6. The fourth-order valence-corrected chi connectivity index (χ4v) is 5.20. The molecule has 0 aliphatic carbocycles. The van der Waals surface area contributed by atoms with Crippen molar-refractivity contribution in [2.45, 2.75) is 31.8 Å². The van der Waals surface area contributed by atoms with Crippen LogP contribution in [0.5, 0.6) is 11.5 Å². The van der Waals surface area contributed by atoms with Crippen LogP contribution in [0.1, 0.15) is 16.7 Å². The molecule has 1 amide bonds. The number of carbonyl (C=O) groups is 1. The Hall–Kier alpha value is -3.52. The highest BCUT2D eigenvalue weighted by atomic mass is 32.2. The molecule has 0 bridgehead atoms. The van der Waals surface area contributed by atoms with E-state index in [4.69, 9.17) is 9.47 Å². The summed E-state index contributed by atoms with van der Waals surface area (Å²) >= 11 is 0. The molecule has 1 aliphatic rings. The molecule has 0 aromatic heterocycles. The lowest BCUT2D eigenvalue weighted by Crippen LogP contribution is -2.51. The van der Waals surface area contributed by atoms with E-state index in [2.05, 4.69) is 5.32 Å². The van der Waals surface area contributed by atoms with E-state index in [1.54, 1.807) is 36.4 Å². The minimum absolute atomic E-state index is 0.128. The van der Waals surface area contributed by atoms with Crippen molar-refractivity contribution in [3.05, 3.63) is 83.4 Å². The Kier molecular flexibility index (Phi) is 6.79. The van der Waals surface area contributed by atoms with Crippen molar-refractivity contribution in [1.82, 2.24) is 5.32 Å². The standard InChI is InChI=1S/C26H28N2O5S/c1-18-7-10-22(11-8-18)34(30,31)28-17-25(33-24-16-20(3)9-12-23(24)28)26(29)27-13-14-32-21-6-4-5-19(2)15-21/h4-12,15-16,25H,13-14,17H2,1-3H3,(H,27,29)/t25-/m0/s1. The maximum atomic E-state index is 13.5. The molecule has 4 rings (SSSR count). The number of nitrogens with one attached hydrogen (secondary N) is 1. The predicted octanol–water partition coefficient (Wildman–Crippen LogP) is 3.76. The van der Waals surface area contributed by atoms with E-state index in [9.17, 15) is 13.2 Å². The molecular formula is C26H28N2O5S. The van der Waals surface area contributed by atoms with Gasteiger partial charge in [-0.15, -0.1) is 0 Å². The van der Waals surface area contributed by atoms with Gasteiger partial charge in [0.25, 0.3) is 15.9 Å². The van der Waals surface area contributed by atoms with Crippen LogP contribution in [0.4, 0.5) is 5.69 Å². The summed E-state index contributed by atoms with van der Waals surface area (Å²) in [5.74, 6) is 0.685. The molecule has 34 heavy (non-hydrogen) atoms. The number of nitrogens with zero attached hydrogens (tertiary/aromatic N) is 1. The summed E-state index contributed by atoms with van der Waals surface area (Å²) in [4.78, 5) is 13.1. The van der Waals surface area contributed by atoms with Crippen molar-refractivity contribution < 1.29 is 22.7 Å². The summed E-state index contributed by atoms with van der Waals surface area (Å²) < 4.78 is 39.8. The number of benzene rings is 3. The van der Waals surface area contributed by atoms with Crippen LogP contribution in [0.15, 0.2) is 71.6 Å². The first-order chi connectivity index (χ1) is 16.2. The first-order valence-corrected chi connectivity index (χ1v) is 12.5. The fourth-order valence-electron chi connectivity index (χ4n) is 3.72. The number of rotatable bonds is 7. The second-order valence-corrected chi connectivity index (χ2v) is 10.2. The van der Waals surface area contributed by atoms with E-state index in [0.717, 1.165) is 22.4 Å². The van der Waals surface area contributed by atoms with Gasteiger partial charge in [0.1, 0.15) is 18.1 Å². The first-order valence-electron chi connectivity index (χ1n) is 11.1. The first kappa shape index (κ1) is 23.6. The maximum absolute atomic E-state index is 13.5. The van der Waals surface area contributed by atoms with Gasteiger partial charge in [0.05, 0.1) is 23.7 Å². The van der Waals surface area contributed by atoms with Crippen LogP contribution in [0.25, 0.3) is 0 Å². The molecule has 0 saturated heterocycles. The summed E-state index contributed by atoms with van der Waals surface area (Å²) in [6.07, 6.45) is -0.992. The minimum Gasteiger partial charge on any atom is -0.492 e. The number of hydrogen-bond donors (Lipinski definition) is 1. The number of fused-ring (bicyclic) bond motifs is 1. The molecule has 178 valence electrons.